The molecular weight excluding hydrogens is 256 g/mol. The third-order valence-corrected chi connectivity index (χ3v) is 3.93. The van der Waals surface area contributed by atoms with Crippen molar-refractivity contribution in [3.05, 3.63) is 45.4 Å². The largest absolute Gasteiger partial charge is 0.493 e. The summed E-state index contributed by atoms with van der Waals surface area (Å²) >= 11 is 1.75. The number of nitrogens with zero attached hydrogens (tertiary/aromatic N) is 1. The van der Waals surface area contributed by atoms with Crippen LogP contribution in [0.25, 0.3) is 0 Å². The summed E-state index contributed by atoms with van der Waals surface area (Å²) in [6.45, 7) is 5.71. The van der Waals surface area contributed by atoms with Gasteiger partial charge in [0.05, 0.1) is 11.6 Å². The first-order valence-electron chi connectivity index (χ1n) is 6.47. The van der Waals surface area contributed by atoms with E-state index >= 15 is 0 Å². The van der Waals surface area contributed by atoms with Crippen LogP contribution in [0.3, 0.4) is 0 Å². The molecule has 2 aromatic rings. The van der Waals surface area contributed by atoms with Gasteiger partial charge in [-0.25, -0.2) is 4.98 Å². The Morgan fingerprint density at radius 2 is 2.16 bits per heavy atom. The van der Waals surface area contributed by atoms with Gasteiger partial charge in [-0.05, 0) is 38.1 Å². The Bertz CT molecular complexity index is 537. The van der Waals surface area contributed by atoms with Crippen LogP contribution in [0.15, 0.2) is 24.4 Å². The van der Waals surface area contributed by atoms with Gasteiger partial charge >= 0.3 is 0 Å². The van der Waals surface area contributed by atoms with Gasteiger partial charge in [-0.2, -0.15) is 0 Å². The first-order valence-corrected chi connectivity index (χ1v) is 7.29. The highest BCUT2D eigenvalue weighted by Crippen LogP contribution is 2.20. The van der Waals surface area contributed by atoms with E-state index in [2.05, 4.69) is 42.3 Å². The number of benzene rings is 1. The lowest BCUT2D eigenvalue weighted by molar-refractivity contribution is 0.319. The van der Waals surface area contributed by atoms with Gasteiger partial charge in [0, 0.05) is 24.0 Å². The Kier molecular flexibility index (Phi) is 4.93. The molecule has 2 rings (SSSR count). The molecule has 0 bridgehead atoms. The Morgan fingerprint density at radius 1 is 1.32 bits per heavy atom. The lowest BCUT2D eigenvalue weighted by atomic mass is 10.1. The average molecular weight is 276 g/mol. The number of rotatable bonds is 6. The van der Waals surface area contributed by atoms with Crippen LogP contribution >= 0.6 is 11.3 Å². The first-order chi connectivity index (χ1) is 9.19. The number of aromatic nitrogens is 1. The van der Waals surface area contributed by atoms with Gasteiger partial charge in [0.2, 0.25) is 0 Å². The summed E-state index contributed by atoms with van der Waals surface area (Å²) in [6, 6.07) is 6.29. The van der Waals surface area contributed by atoms with E-state index in [-0.39, 0.29) is 0 Å². The zero-order valence-electron chi connectivity index (χ0n) is 11.7. The van der Waals surface area contributed by atoms with Crippen LogP contribution in [0.4, 0.5) is 0 Å². The molecule has 0 saturated heterocycles. The van der Waals surface area contributed by atoms with Gasteiger partial charge in [-0.1, -0.05) is 12.1 Å². The van der Waals surface area contributed by atoms with Gasteiger partial charge in [0.15, 0.2) is 0 Å². The predicted molar refractivity (Wildman–Crippen MR) is 80.0 cm³/mol. The second-order valence-corrected chi connectivity index (χ2v) is 5.82. The standard InChI is InChI=1S/C15H20N2OS/c1-11-4-5-12(2)14(8-11)18-7-6-15-17-10-13(19-15)9-16-3/h4-5,8,10,16H,6-7,9H2,1-3H3. The van der Waals surface area contributed by atoms with E-state index in [1.807, 2.05) is 13.2 Å². The van der Waals surface area contributed by atoms with Gasteiger partial charge in [0.25, 0.3) is 0 Å². The smallest absolute Gasteiger partial charge is 0.122 e. The molecule has 0 aliphatic heterocycles. The number of nitrogens with one attached hydrogen (secondary N) is 1. The van der Waals surface area contributed by atoms with Crippen LogP contribution < -0.4 is 10.1 Å². The normalized spacial score (nSPS) is 10.7. The summed E-state index contributed by atoms with van der Waals surface area (Å²) in [5.74, 6) is 0.979. The molecule has 0 fully saturated rings. The van der Waals surface area contributed by atoms with Crippen molar-refractivity contribution in [1.82, 2.24) is 10.3 Å². The Balaban J connectivity index is 1.87. The van der Waals surface area contributed by atoms with Crippen molar-refractivity contribution in [2.45, 2.75) is 26.8 Å². The molecular formula is C15H20N2OS. The second-order valence-electron chi connectivity index (χ2n) is 4.62. The van der Waals surface area contributed by atoms with E-state index < -0.39 is 0 Å². The van der Waals surface area contributed by atoms with Crippen molar-refractivity contribution in [2.24, 2.45) is 0 Å². The van der Waals surface area contributed by atoms with Crippen molar-refractivity contribution in [1.29, 1.82) is 0 Å². The maximum absolute atomic E-state index is 5.84. The first kappa shape index (κ1) is 14.0. The highest BCUT2D eigenvalue weighted by molar-refractivity contribution is 7.11. The molecule has 0 saturated carbocycles. The van der Waals surface area contributed by atoms with Gasteiger partial charge in [-0.15, -0.1) is 11.3 Å². The lowest BCUT2D eigenvalue weighted by Gasteiger charge is -2.08. The van der Waals surface area contributed by atoms with E-state index in [0.29, 0.717) is 6.61 Å². The molecule has 1 aromatic heterocycles. The number of thiazole rings is 1. The maximum Gasteiger partial charge on any atom is 0.122 e. The van der Waals surface area contributed by atoms with Crippen molar-refractivity contribution in [3.63, 3.8) is 0 Å². The van der Waals surface area contributed by atoms with Crippen molar-refractivity contribution >= 4 is 11.3 Å². The Hall–Kier alpha value is -1.39. The molecule has 0 aliphatic rings. The number of ether oxygens (including phenoxy) is 1. The van der Waals surface area contributed by atoms with Crippen LogP contribution in [0.1, 0.15) is 21.0 Å². The van der Waals surface area contributed by atoms with Crippen LogP contribution in [0, 0.1) is 13.8 Å². The maximum atomic E-state index is 5.84. The fourth-order valence-corrected chi connectivity index (χ4v) is 2.75. The van der Waals surface area contributed by atoms with E-state index in [1.165, 1.54) is 16.0 Å². The van der Waals surface area contributed by atoms with Gasteiger partial charge in [-0.3, -0.25) is 0 Å². The molecule has 3 nitrogen and oxygen atoms in total. The topological polar surface area (TPSA) is 34.2 Å². The molecule has 0 atom stereocenters. The van der Waals surface area contributed by atoms with Gasteiger partial charge in [0.1, 0.15) is 5.75 Å². The molecule has 1 N–H and O–H groups in total. The third kappa shape index (κ3) is 4.04. The van der Waals surface area contributed by atoms with Crippen molar-refractivity contribution < 1.29 is 4.74 Å². The van der Waals surface area contributed by atoms with Crippen molar-refractivity contribution in [2.75, 3.05) is 13.7 Å². The Labute approximate surface area is 118 Å². The quantitative estimate of drug-likeness (QED) is 0.880. The molecule has 0 aliphatic carbocycles. The lowest BCUT2D eigenvalue weighted by Crippen LogP contribution is -2.03. The van der Waals surface area contributed by atoms with E-state index in [9.17, 15) is 0 Å². The van der Waals surface area contributed by atoms with Crippen LogP contribution in [0.5, 0.6) is 5.75 Å². The number of hydrogen-bond acceptors (Lipinski definition) is 4. The predicted octanol–water partition coefficient (Wildman–Crippen LogP) is 3.10. The third-order valence-electron chi connectivity index (χ3n) is 2.87. The summed E-state index contributed by atoms with van der Waals surface area (Å²) in [7, 11) is 1.95. The monoisotopic (exact) mass is 276 g/mol. The zero-order chi connectivity index (χ0) is 13.7. The zero-order valence-corrected chi connectivity index (χ0v) is 12.5. The molecule has 102 valence electrons. The summed E-state index contributed by atoms with van der Waals surface area (Å²) in [4.78, 5) is 5.67. The molecule has 0 amide bonds. The molecule has 1 aromatic carbocycles. The summed E-state index contributed by atoms with van der Waals surface area (Å²) in [5.41, 5.74) is 2.41. The molecule has 1 heterocycles. The van der Waals surface area contributed by atoms with Crippen LogP contribution in [-0.4, -0.2) is 18.6 Å². The number of hydrogen-bond donors (Lipinski definition) is 1. The van der Waals surface area contributed by atoms with Crippen molar-refractivity contribution in [3.8, 4) is 5.75 Å². The molecule has 0 spiro atoms. The SMILES string of the molecule is CNCc1cnc(CCOc2cc(C)ccc2C)s1. The summed E-state index contributed by atoms with van der Waals surface area (Å²) in [5, 5.41) is 4.27. The molecule has 0 unspecified atom stereocenters. The van der Waals surface area contributed by atoms with Crippen LogP contribution in [0.2, 0.25) is 0 Å². The highest BCUT2D eigenvalue weighted by atomic mass is 32.1. The highest BCUT2D eigenvalue weighted by Gasteiger charge is 2.03. The second kappa shape index (κ2) is 6.68. The fourth-order valence-electron chi connectivity index (χ4n) is 1.83. The van der Waals surface area contributed by atoms with E-state index in [1.54, 1.807) is 11.3 Å². The fraction of sp³-hybridized carbons (Fsp3) is 0.400. The van der Waals surface area contributed by atoms with Crippen LogP contribution in [-0.2, 0) is 13.0 Å². The van der Waals surface area contributed by atoms with E-state index in [4.69, 9.17) is 4.74 Å². The van der Waals surface area contributed by atoms with Gasteiger partial charge < -0.3 is 10.1 Å². The molecule has 4 heteroatoms. The average Bonchev–Trinajstić information content (AvgIpc) is 2.82. The summed E-state index contributed by atoms with van der Waals surface area (Å²) < 4.78 is 5.84. The minimum atomic E-state index is 0.677. The minimum absolute atomic E-state index is 0.677. The molecule has 0 radical (unpaired) electrons. The number of aryl methyl sites for hydroxylation is 2. The minimum Gasteiger partial charge on any atom is -0.493 e. The Morgan fingerprint density at radius 3 is 2.95 bits per heavy atom. The molecule has 19 heavy (non-hydrogen) atoms. The van der Waals surface area contributed by atoms with E-state index in [0.717, 1.165) is 23.7 Å². The summed E-state index contributed by atoms with van der Waals surface area (Å²) in [6.07, 6.45) is 2.80.